The maximum atomic E-state index is 12.1. The predicted molar refractivity (Wildman–Crippen MR) is 83.0 cm³/mol. The molecule has 0 radical (unpaired) electrons. The summed E-state index contributed by atoms with van der Waals surface area (Å²) in [5.41, 5.74) is 0.953. The summed E-state index contributed by atoms with van der Waals surface area (Å²) in [7, 11) is -1.80. The zero-order valence-corrected chi connectivity index (χ0v) is 13.3. The number of benzene rings is 1. The van der Waals surface area contributed by atoms with Crippen LogP contribution in [0.15, 0.2) is 30.3 Å². The molecule has 1 N–H and O–H groups in total. The van der Waals surface area contributed by atoms with Crippen molar-refractivity contribution in [3.05, 3.63) is 35.9 Å². The average molecular weight is 312 g/mol. The van der Waals surface area contributed by atoms with Crippen LogP contribution in [-0.4, -0.2) is 39.0 Å². The van der Waals surface area contributed by atoms with Crippen molar-refractivity contribution in [2.75, 3.05) is 20.2 Å². The third-order valence-electron chi connectivity index (χ3n) is 3.73. The van der Waals surface area contributed by atoms with Crippen molar-refractivity contribution >= 4 is 10.2 Å². The molecule has 0 bridgehead atoms. The summed E-state index contributed by atoms with van der Waals surface area (Å²) in [6.07, 6.45) is 4.30. The lowest BCUT2D eigenvalue weighted by Gasteiger charge is -2.18. The third-order valence-corrected chi connectivity index (χ3v) is 5.25. The number of nitrogens with one attached hydrogen (secondary N) is 1. The maximum absolute atomic E-state index is 12.1. The van der Waals surface area contributed by atoms with Crippen molar-refractivity contribution in [3.8, 4) is 0 Å². The molecule has 0 unspecified atom stereocenters. The highest BCUT2D eigenvalue weighted by Crippen LogP contribution is 2.17. The van der Waals surface area contributed by atoms with Crippen LogP contribution in [0, 0.1) is 0 Å². The van der Waals surface area contributed by atoms with Gasteiger partial charge in [0.05, 0.1) is 6.10 Å². The van der Waals surface area contributed by atoms with Crippen molar-refractivity contribution in [1.29, 1.82) is 0 Å². The second kappa shape index (κ2) is 7.89. The van der Waals surface area contributed by atoms with Crippen LogP contribution in [0.1, 0.15) is 31.2 Å². The Hall–Kier alpha value is -0.950. The quantitative estimate of drug-likeness (QED) is 0.798. The summed E-state index contributed by atoms with van der Waals surface area (Å²) >= 11 is 0. The Kier molecular flexibility index (Phi) is 6.17. The van der Waals surface area contributed by atoms with Crippen LogP contribution >= 0.6 is 0 Å². The normalized spacial score (nSPS) is 19.2. The number of nitrogens with zero attached hydrogens (tertiary/aromatic N) is 1. The third kappa shape index (κ3) is 5.39. The Balaban J connectivity index is 1.72. The monoisotopic (exact) mass is 312 g/mol. The Labute approximate surface area is 127 Å². The van der Waals surface area contributed by atoms with Crippen molar-refractivity contribution < 1.29 is 13.2 Å². The van der Waals surface area contributed by atoms with E-state index in [1.54, 1.807) is 7.05 Å². The number of rotatable bonds is 8. The van der Waals surface area contributed by atoms with Crippen LogP contribution in [0.25, 0.3) is 0 Å². The SMILES string of the molecule is CN(CCC[C@@H]1CCCO1)S(=O)(=O)NCc1ccccc1. The summed E-state index contributed by atoms with van der Waals surface area (Å²) in [6.45, 7) is 1.68. The highest BCUT2D eigenvalue weighted by Gasteiger charge is 2.19. The zero-order valence-electron chi connectivity index (χ0n) is 12.5. The molecule has 1 fully saturated rings. The van der Waals surface area contributed by atoms with Crippen molar-refractivity contribution in [2.24, 2.45) is 0 Å². The van der Waals surface area contributed by atoms with Gasteiger partial charge in [-0.15, -0.1) is 0 Å². The van der Waals surface area contributed by atoms with E-state index in [0.29, 0.717) is 19.2 Å². The number of hydrogen-bond donors (Lipinski definition) is 1. The molecular formula is C15H24N2O3S. The fourth-order valence-corrected chi connectivity index (χ4v) is 3.35. The maximum Gasteiger partial charge on any atom is 0.279 e. The summed E-state index contributed by atoms with van der Waals surface area (Å²) < 4.78 is 33.8. The van der Waals surface area contributed by atoms with Crippen molar-refractivity contribution in [1.82, 2.24) is 9.03 Å². The van der Waals surface area contributed by atoms with Gasteiger partial charge < -0.3 is 4.74 Å². The first-order valence-electron chi connectivity index (χ1n) is 7.44. The highest BCUT2D eigenvalue weighted by molar-refractivity contribution is 7.87. The molecule has 1 aromatic rings. The first-order valence-corrected chi connectivity index (χ1v) is 8.88. The molecule has 1 aliphatic rings. The van der Waals surface area contributed by atoms with Gasteiger partial charge in [0.15, 0.2) is 0 Å². The van der Waals surface area contributed by atoms with E-state index in [1.165, 1.54) is 4.31 Å². The van der Waals surface area contributed by atoms with Gasteiger partial charge in [-0.25, -0.2) is 0 Å². The fraction of sp³-hybridized carbons (Fsp3) is 0.600. The predicted octanol–water partition coefficient (Wildman–Crippen LogP) is 1.91. The molecule has 0 amide bonds. The van der Waals surface area contributed by atoms with Gasteiger partial charge in [-0.3, -0.25) is 0 Å². The lowest BCUT2D eigenvalue weighted by molar-refractivity contribution is 0.101. The summed E-state index contributed by atoms with van der Waals surface area (Å²) in [5.74, 6) is 0. The molecule has 0 saturated carbocycles. The van der Waals surface area contributed by atoms with E-state index in [1.807, 2.05) is 30.3 Å². The van der Waals surface area contributed by atoms with Crippen LogP contribution < -0.4 is 4.72 Å². The molecule has 1 heterocycles. The van der Waals surface area contributed by atoms with Crippen molar-refractivity contribution in [3.63, 3.8) is 0 Å². The minimum absolute atomic E-state index is 0.318. The number of ether oxygens (including phenoxy) is 1. The van der Waals surface area contributed by atoms with Crippen LogP contribution in [0.2, 0.25) is 0 Å². The summed E-state index contributed by atoms with van der Waals surface area (Å²) in [5, 5.41) is 0. The number of hydrogen-bond acceptors (Lipinski definition) is 3. The summed E-state index contributed by atoms with van der Waals surface area (Å²) in [6, 6.07) is 9.51. The minimum Gasteiger partial charge on any atom is -0.378 e. The molecule has 1 saturated heterocycles. The smallest absolute Gasteiger partial charge is 0.279 e. The molecule has 1 aromatic carbocycles. The Morgan fingerprint density at radius 3 is 2.76 bits per heavy atom. The van der Waals surface area contributed by atoms with E-state index in [4.69, 9.17) is 4.74 Å². The molecule has 5 nitrogen and oxygen atoms in total. The van der Waals surface area contributed by atoms with Crippen LogP contribution in [0.5, 0.6) is 0 Å². The van der Waals surface area contributed by atoms with E-state index < -0.39 is 10.2 Å². The van der Waals surface area contributed by atoms with E-state index in [2.05, 4.69) is 4.72 Å². The molecular weight excluding hydrogens is 288 g/mol. The zero-order chi connectivity index (χ0) is 15.1. The topological polar surface area (TPSA) is 58.6 Å². The van der Waals surface area contributed by atoms with Gasteiger partial charge in [-0.2, -0.15) is 17.4 Å². The molecule has 0 spiro atoms. The van der Waals surface area contributed by atoms with Crippen molar-refractivity contribution in [2.45, 2.75) is 38.3 Å². The summed E-state index contributed by atoms with van der Waals surface area (Å²) in [4.78, 5) is 0. The van der Waals surface area contributed by atoms with Gasteiger partial charge in [-0.05, 0) is 31.2 Å². The van der Waals surface area contributed by atoms with E-state index >= 15 is 0 Å². The van der Waals surface area contributed by atoms with Crippen LogP contribution in [0.4, 0.5) is 0 Å². The molecule has 21 heavy (non-hydrogen) atoms. The first-order chi connectivity index (χ1) is 10.1. The fourth-order valence-electron chi connectivity index (χ4n) is 2.41. The average Bonchev–Trinajstić information content (AvgIpc) is 2.99. The Morgan fingerprint density at radius 1 is 1.33 bits per heavy atom. The van der Waals surface area contributed by atoms with Gasteiger partial charge >= 0.3 is 0 Å². The Bertz CT molecular complexity index is 513. The van der Waals surface area contributed by atoms with Crippen LogP contribution in [0.3, 0.4) is 0 Å². The standard InChI is InChI=1S/C15H24N2O3S/c1-17(11-5-9-15-10-6-12-20-15)21(18,19)16-13-14-7-3-2-4-8-14/h2-4,7-8,15-16H,5-6,9-13H2,1H3/t15-/m1/s1. The second-order valence-electron chi connectivity index (χ2n) is 5.41. The molecule has 118 valence electrons. The lowest BCUT2D eigenvalue weighted by Crippen LogP contribution is -2.38. The molecule has 1 aliphatic heterocycles. The van der Waals surface area contributed by atoms with Crippen LogP contribution in [-0.2, 0) is 21.5 Å². The largest absolute Gasteiger partial charge is 0.378 e. The van der Waals surface area contributed by atoms with Gasteiger partial charge in [-0.1, -0.05) is 30.3 Å². The second-order valence-corrected chi connectivity index (χ2v) is 7.27. The van der Waals surface area contributed by atoms with Gasteiger partial charge in [0.25, 0.3) is 10.2 Å². The molecule has 1 atom stereocenters. The molecule has 6 heteroatoms. The first kappa shape index (κ1) is 16.4. The van der Waals surface area contributed by atoms with E-state index in [9.17, 15) is 8.42 Å². The minimum atomic E-state index is -3.41. The van der Waals surface area contributed by atoms with E-state index in [0.717, 1.165) is 37.9 Å². The van der Waals surface area contributed by atoms with Gasteiger partial charge in [0, 0.05) is 26.7 Å². The highest BCUT2D eigenvalue weighted by atomic mass is 32.2. The molecule has 0 aliphatic carbocycles. The molecule has 0 aromatic heterocycles. The van der Waals surface area contributed by atoms with Gasteiger partial charge in [0.1, 0.15) is 0 Å². The van der Waals surface area contributed by atoms with E-state index in [-0.39, 0.29) is 0 Å². The lowest BCUT2D eigenvalue weighted by atomic mass is 10.1. The van der Waals surface area contributed by atoms with Gasteiger partial charge in [0.2, 0.25) is 0 Å². The Morgan fingerprint density at radius 2 is 2.10 bits per heavy atom. The molecule has 2 rings (SSSR count).